The summed E-state index contributed by atoms with van der Waals surface area (Å²) in [6.07, 6.45) is 3.14. The Morgan fingerprint density at radius 3 is 2.67 bits per heavy atom. The maximum atomic E-state index is 4.48. The van der Waals surface area contributed by atoms with Gasteiger partial charge in [-0.3, -0.25) is 5.43 Å². The van der Waals surface area contributed by atoms with Crippen molar-refractivity contribution in [1.82, 2.24) is 10.3 Å². The first-order valence-electron chi connectivity index (χ1n) is 6.36. The summed E-state index contributed by atoms with van der Waals surface area (Å²) in [6.45, 7) is 5.39. The molecule has 18 heavy (non-hydrogen) atoms. The predicted octanol–water partition coefficient (Wildman–Crippen LogP) is 3.10. The first-order chi connectivity index (χ1) is 8.70. The number of hydrazone groups is 1. The summed E-state index contributed by atoms with van der Waals surface area (Å²) >= 11 is 1.79. The first kappa shape index (κ1) is 13.3. The van der Waals surface area contributed by atoms with Crippen LogP contribution in [0.15, 0.2) is 35.4 Å². The highest BCUT2D eigenvalue weighted by atomic mass is 32.2. The molecule has 1 aliphatic rings. The van der Waals surface area contributed by atoms with Crippen LogP contribution in [0.1, 0.15) is 25.8 Å². The number of hydrogen-bond acceptors (Lipinski definition) is 4. The molecule has 1 atom stereocenters. The van der Waals surface area contributed by atoms with Crippen LogP contribution in [0.3, 0.4) is 0 Å². The van der Waals surface area contributed by atoms with E-state index in [1.54, 1.807) is 11.8 Å². The second kappa shape index (κ2) is 6.14. The van der Waals surface area contributed by atoms with Crippen molar-refractivity contribution in [2.75, 3.05) is 6.26 Å². The van der Waals surface area contributed by atoms with Crippen LogP contribution in [0.2, 0.25) is 0 Å². The van der Waals surface area contributed by atoms with Gasteiger partial charge in [-0.1, -0.05) is 44.2 Å². The molecule has 1 aromatic carbocycles. The third-order valence-corrected chi connectivity index (χ3v) is 3.73. The molecule has 2 rings (SSSR count). The molecule has 0 amide bonds. The minimum absolute atomic E-state index is 0.263. The average Bonchev–Trinajstić information content (AvgIpc) is 2.72. The molecular weight excluding hydrogens is 242 g/mol. The van der Waals surface area contributed by atoms with Crippen molar-refractivity contribution in [3.8, 4) is 0 Å². The van der Waals surface area contributed by atoms with Gasteiger partial charge >= 0.3 is 0 Å². The smallest absolute Gasteiger partial charge is 0.164 e. The van der Waals surface area contributed by atoms with Gasteiger partial charge in [0.2, 0.25) is 0 Å². The van der Waals surface area contributed by atoms with Crippen LogP contribution >= 0.6 is 11.8 Å². The maximum Gasteiger partial charge on any atom is 0.164 e. The third-order valence-electron chi connectivity index (χ3n) is 2.93. The molecule has 0 aliphatic carbocycles. The van der Waals surface area contributed by atoms with Crippen LogP contribution in [-0.4, -0.2) is 22.5 Å². The summed E-state index contributed by atoms with van der Waals surface area (Å²) in [6, 6.07) is 10.6. The number of hydrogen-bond donors (Lipinski definition) is 1. The summed E-state index contributed by atoms with van der Waals surface area (Å²) in [5.41, 5.74) is 4.80. The fraction of sp³-hybridized carbons (Fsp3) is 0.500. The molecule has 1 N–H and O–H groups in total. The Labute approximate surface area is 114 Å². The molecule has 0 spiro atoms. The summed E-state index contributed by atoms with van der Waals surface area (Å²) in [5.74, 6) is 1.80. The number of nitrogens with zero attached hydrogens (tertiary/aromatic N) is 2. The highest BCUT2D eigenvalue weighted by Crippen LogP contribution is 2.22. The quantitative estimate of drug-likeness (QED) is 0.884. The van der Waals surface area contributed by atoms with Crippen molar-refractivity contribution in [3.63, 3.8) is 0 Å². The van der Waals surface area contributed by atoms with E-state index in [1.807, 2.05) is 0 Å². The van der Waals surface area contributed by atoms with Gasteiger partial charge in [-0.2, -0.15) is 5.10 Å². The Morgan fingerprint density at radius 1 is 1.33 bits per heavy atom. The molecule has 0 aromatic heterocycles. The Kier molecular flexibility index (Phi) is 4.53. The minimum atomic E-state index is 0.263. The van der Waals surface area contributed by atoms with Gasteiger partial charge in [0.25, 0.3) is 0 Å². The average molecular weight is 263 g/mol. The van der Waals surface area contributed by atoms with Crippen LogP contribution in [-0.2, 0) is 6.54 Å². The molecule has 0 fully saturated rings. The molecule has 1 aliphatic heterocycles. The van der Waals surface area contributed by atoms with Gasteiger partial charge in [0, 0.05) is 13.0 Å². The number of thioether (sulfide) groups is 1. The largest absolute Gasteiger partial charge is 0.324 e. The molecule has 0 saturated carbocycles. The van der Waals surface area contributed by atoms with Crippen LogP contribution < -0.4 is 5.43 Å². The second-order valence-corrected chi connectivity index (χ2v) is 5.87. The van der Waals surface area contributed by atoms with E-state index in [-0.39, 0.29) is 5.50 Å². The van der Waals surface area contributed by atoms with Crippen molar-refractivity contribution in [2.45, 2.75) is 32.3 Å². The zero-order chi connectivity index (χ0) is 13.0. The summed E-state index contributed by atoms with van der Waals surface area (Å²) in [4.78, 5) is 2.36. The van der Waals surface area contributed by atoms with Gasteiger partial charge < -0.3 is 4.90 Å². The summed E-state index contributed by atoms with van der Waals surface area (Å²) in [7, 11) is 0. The zero-order valence-corrected chi connectivity index (χ0v) is 12.1. The lowest BCUT2D eigenvalue weighted by Gasteiger charge is -2.26. The standard InChI is InChI=1S/C14H21N3S/c1-11(2)9-13-15-16-14(18-3)17(13)10-12-7-5-4-6-8-12/h4-8,11,14,16H,9-10H2,1-3H3. The van der Waals surface area contributed by atoms with Crippen molar-refractivity contribution >= 4 is 17.6 Å². The second-order valence-electron chi connectivity index (χ2n) is 4.96. The fourth-order valence-electron chi connectivity index (χ4n) is 2.06. The molecule has 0 radical (unpaired) electrons. The van der Waals surface area contributed by atoms with Gasteiger partial charge in [0.1, 0.15) is 5.84 Å². The summed E-state index contributed by atoms with van der Waals surface area (Å²) < 4.78 is 0. The molecule has 0 bridgehead atoms. The van der Waals surface area contributed by atoms with Gasteiger partial charge in [0.05, 0.1) is 0 Å². The Balaban J connectivity index is 2.08. The van der Waals surface area contributed by atoms with E-state index < -0.39 is 0 Å². The Morgan fingerprint density at radius 2 is 2.06 bits per heavy atom. The molecule has 1 heterocycles. The van der Waals surface area contributed by atoms with Crippen molar-refractivity contribution in [2.24, 2.45) is 11.0 Å². The molecule has 3 nitrogen and oxygen atoms in total. The van der Waals surface area contributed by atoms with Crippen LogP contribution in [0.5, 0.6) is 0 Å². The van der Waals surface area contributed by atoms with E-state index in [1.165, 1.54) is 11.4 Å². The molecule has 98 valence electrons. The number of rotatable bonds is 5. The predicted molar refractivity (Wildman–Crippen MR) is 79.3 cm³/mol. The normalized spacial score (nSPS) is 19.0. The monoisotopic (exact) mass is 263 g/mol. The van der Waals surface area contributed by atoms with Gasteiger partial charge in [-0.05, 0) is 17.7 Å². The van der Waals surface area contributed by atoms with Gasteiger partial charge in [-0.25, -0.2) is 0 Å². The highest BCUT2D eigenvalue weighted by molar-refractivity contribution is 7.99. The van der Waals surface area contributed by atoms with Crippen LogP contribution in [0, 0.1) is 5.92 Å². The van der Waals surface area contributed by atoms with E-state index >= 15 is 0 Å². The lowest BCUT2D eigenvalue weighted by Crippen LogP contribution is -2.37. The Hall–Kier alpha value is -1.16. The Bertz CT molecular complexity index is 403. The number of nitrogens with one attached hydrogen (secondary N) is 1. The lowest BCUT2D eigenvalue weighted by atomic mass is 10.1. The van der Waals surface area contributed by atoms with E-state index in [0.717, 1.165) is 13.0 Å². The SMILES string of the molecule is CSC1NN=C(CC(C)C)N1Cc1ccccc1. The van der Waals surface area contributed by atoms with Crippen LogP contribution in [0.4, 0.5) is 0 Å². The van der Waals surface area contributed by atoms with E-state index in [4.69, 9.17) is 0 Å². The molecule has 0 saturated heterocycles. The molecular formula is C14H21N3S. The van der Waals surface area contributed by atoms with Crippen molar-refractivity contribution < 1.29 is 0 Å². The molecule has 1 unspecified atom stereocenters. The molecule has 4 heteroatoms. The van der Waals surface area contributed by atoms with Crippen molar-refractivity contribution in [1.29, 1.82) is 0 Å². The van der Waals surface area contributed by atoms with E-state index in [9.17, 15) is 0 Å². The zero-order valence-electron chi connectivity index (χ0n) is 11.3. The fourth-order valence-corrected chi connectivity index (χ4v) is 2.67. The topological polar surface area (TPSA) is 27.6 Å². The third kappa shape index (κ3) is 3.19. The maximum absolute atomic E-state index is 4.48. The highest BCUT2D eigenvalue weighted by Gasteiger charge is 2.26. The van der Waals surface area contributed by atoms with Crippen LogP contribution in [0.25, 0.3) is 0 Å². The lowest BCUT2D eigenvalue weighted by molar-refractivity contribution is 0.377. The van der Waals surface area contributed by atoms with E-state index in [2.05, 4.69) is 65.9 Å². The number of amidine groups is 1. The first-order valence-corrected chi connectivity index (χ1v) is 7.65. The minimum Gasteiger partial charge on any atom is -0.324 e. The summed E-state index contributed by atoms with van der Waals surface area (Å²) in [5, 5.41) is 4.48. The molecule has 1 aromatic rings. The van der Waals surface area contributed by atoms with E-state index in [0.29, 0.717) is 5.92 Å². The van der Waals surface area contributed by atoms with Gasteiger partial charge in [0.15, 0.2) is 5.50 Å². The van der Waals surface area contributed by atoms with Crippen molar-refractivity contribution in [3.05, 3.63) is 35.9 Å². The van der Waals surface area contributed by atoms with Gasteiger partial charge in [-0.15, -0.1) is 11.8 Å². The number of benzene rings is 1.